The summed E-state index contributed by atoms with van der Waals surface area (Å²) in [6, 6.07) is 0. The third kappa shape index (κ3) is 4.73. The first-order chi connectivity index (χ1) is 8.17. The Labute approximate surface area is 103 Å². The predicted molar refractivity (Wildman–Crippen MR) is 66.3 cm³/mol. The molecule has 5 nitrogen and oxygen atoms in total. The van der Waals surface area contributed by atoms with Crippen LogP contribution in [0.25, 0.3) is 0 Å². The molecule has 1 aliphatic heterocycles. The Morgan fingerprint density at radius 2 is 2.24 bits per heavy atom. The number of hydrogen-bond acceptors (Lipinski definition) is 3. The highest BCUT2D eigenvalue weighted by atomic mass is 16.2. The summed E-state index contributed by atoms with van der Waals surface area (Å²) in [5, 5.41) is 2.52. The van der Waals surface area contributed by atoms with Crippen molar-refractivity contribution in [3.63, 3.8) is 0 Å². The van der Waals surface area contributed by atoms with E-state index < -0.39 is 0 Å². The molecule has 1 atom stereocenters. The molecular formula is C12H23N3O2. The smallest absolute Gasteiger partial charge is 0.241 e. The molecule has 0 radical (unpaired) electrons. The third-order valence-electron chi connectivity index (χ3n) is 3.19. The van der Waals surface area contributed by atoms with Gasteiger partial charge >= 0.3 is 0 Å². The van der Waals surface area contributed by atoms with Gasteiger partial charge in [0.15, 0.2) is 0 Å². The summed E-state index contributed by atoms with van der Waals surface area (Å²) in [6.07, 6.45) is 4.63. The van der Waals surface area contributed by atoms with Crippen molar-refractivity contribution in [1.82, 2.24) is 10.2 Å². The van der Waals surface area contributed by atoms with Gasteiger partial charge in [0.05, 0.1) is 13.1 Å². The van der Waals surface area contributed by atoms with Gasteiger partial charge in [0.2, 0.25) is 11.8 Å². The summed E-state index contributed by atoms with van der Waals surface area (Å²) in [4.78, 5) is 24.7. The average Bonchev–Trinajstić information content (AvgIpc) is 2.36. The van der Waals surface area contributed by atoms with Gasteiger partial charge in [0.1, 0.15) is 0 Å². The summed E-state index contributed by atoms with van der Waals surface area (Å²) in [5.74, 6) is 0.357. The molecule has 0 aromatic carbocycles. The molecule has 3 N–H and O–H groups in total. The molecule has 1 rings (SSSR count). The molecule has 1 unspecified atom stereocenters. The van der Waals surface area contributed by atoms with E-state index in [0.717, 1.165) is 25.9 Å². The molecule has 0 aliphatic carbocycles. The van der Waals surface area contributed by atoms with Crippen molar-refractivity contribution in [1.29, 1.82) is 0 Å². The minimum absolute atomic E-state index is 0.00704. The maximum absolute atomic E-state index is 11.8. The van der Waals surface area contributed by atoms with Gasteiger partial charge in [-0.05, 0) is 25.2 Å². The standard InChI is InChI=1S/C12H23N3O2/c1-2-4-10-5-3-6-15(9-10)12(17)8-14-11(16)7-13/h10H,2-9,13H2,1H3,(H,14,16). The van der Waals surface area contributed by atoms with Gasteiger partial charge < -0.3 is 16.0 Å². The van der Waals surface area contributed by atoms with Crippen LogP contribution < -0.4 is 11.1 Å². The highest BCUT2D eigenvalue weighted by molar-refractivity contribution is 5.85. The Kier molecular flexibility index (Phi) is 5.97. The van der Waals surface area contributed by atoms with Crippen LogP contribution in [0.5, 0.6) is 0 Å². The number of amides is 2. The molecule has 0 aromatic rings. The number of nitrogens with two attached hydrogens (primary N) is 1. The fraction of sp³-hybridized carbons (Fsp3) is 0.833. The van der Waals surface area contributed by atoms with E-state index in [1.807, 2.05) is 4.90 Å². The van der Waals surface area contributed by atoms with Gasteiger partial charge in [0.25, 0.3) is 0 Å². The second-order valence-electron chi connectivity index (χ2n) is 4.62. The SMILES string of the molecule is CCCC1CCCN(C(=O)CNC(=O)CN)C1. The van der Waals surface area contributed by atoms with Crippen molar-refractivity contribution in [3.8, 4) is 0 Å². The van der Waals surface area contributed by atoms with Crippen molar-refractivity contribution in [2.45, 2.75) is 32.6 Å². The first kappa shape index (κ1) is 14.0. The summed E-state index contributed by atoms with van der Waals surface area (Å²) in [7, 11) is 0. The second kappa shape index (κ2) is 7.27. The molecule has 0 spiro atoms. The van der Waals surface area contributed by atoms with E-state index in [9.17, 15) is 9.59 Å². The van der Waals surface area contributed by atoms with E-state index in [1.165, 1.54) is 12.8 Å². The Hall–Kier alpha value is -1.10. The van der Waals surface area contributed by atoms with Gasteiger partial charge in [-0.2, -0.15) is 0 Å². The number of piperidine rings is 1. The van der Waals surface area contributed by atoms with E-state index in [-0.39, 0.29) is 24.9 Å². The first-order valence-electron chi connectivity index (χ1n) is 6.42. The van der Waals surface area contributed by atoms with Crippen LogP contribution in [-0.4, -0.2) is 42.9 Å². The molecule has 17 heavy (non-hydrogen) atoms. The topological polar surface area (TPSA) is 75.4 Å². The Morgan fingerprint density at radius 1 is 1.47 bits per heavy atom. The van der Waals surface area contributed by atoms with E-state index in [1.54, 1.807) is 0 Å². The summed E-state index contributed by atoms with van der Waals surface area (Å²) >= 11 is 0. The number of nitrogens with zero attached hydrogens (tertiary/aromatic N) is 1. The zero-order valence-corrected chi connectivity index (χ0v) is 10.6. The van der Waals surface area contributed by atoms with Crippen molar-refractivity contribution in [2.75, 3.05) is 26.2 Å². The zero-order chi connectivity index (χ0) is 12.7. The Morgan fingerprint density at radius 3 is 2.88 bits per heavy atom. The van der Waals surface area contributed by atoms with Crippen molar-refractivity contribution < 1.29 is 9.59 Å². The molecule has 98 valence electrons. The zero-order valence-electron chi connectivity index (χ0n) is 10.6. The van der Waals surface area contributed by atoms with Crippen LogP contribution in [0.3, 0.4) is 0 Å². The number of nitrogens with one attached hydrogen (secondary N) is 1. The molecular weight excluding hydrogens is 218 g/mol. The molecule has 0 bridgehead atoms. The fourth-order valence-corrected chi connectivity index (χ4v) is 2.29. The second-order valence-corrected chi connectivity index (χ2v) is 4.62. The molecule has 1 saturated heterocycles. The van der Waals surface area contributed by atoms with Crippen LogP contribution in [-0.2, 0) is 9.59 Å². The number of likely N-dealkylation sites (tertiary alicyclic amines) is 1. The summed E-state index contributed by atoms with van der Waals surface area (Å²) in [6.45, 7) is 3.84. The minimum Gasteiger partial charge on any atom is -0.346 e. The van der Waals surface area contributed by atoms with Crippen molar-refractivity contribution >= 4 is 11.8 Å². The quantitative estimate of drug-likeness (QED) is 0.717. The Balaban J connectivity index is 2.33. The van der Waals surface area contributed by atoms with Crippen LogP contribution in [0.2, 0.25) is 0 Å². The average molecular weight is 241 g/mol. The normalized spacial score (nSPS) is 20.1. The largest absolute Gasteiger partial charge is 0.346 e. The van der Waals surface area contributed by atoms with Crippen molar-refractivity contribution in [3.05, 3.63) is 0 Å². The van der Waals surface area contributed by atoms with Gasteiger partial charge in [-0.25, -0.2) is 0 Å². The molecule has 0 saturated carbocycles. The fourth-order valence-electron chi connectivity index (χ4n) is 2.29. The lowest BCUT2D eigenvalue weighted by Crippen LogP contribution is -2.45. The van der Waals surface area contributed by atoms with Crippen LogP contribution in [0.15, 0.2) is 0 Å². The number of carbonyl (C=O) groups excluding carboxylic acids is 2. The van der Waals surface area contributed by atoms with E-state index >= 15 is 0 Å². The Bertz CT molecular complexity index is 266. The molecule has 5 heteroatoms. The number of rotatable bonds is 5. The van der Waals surface area contributed by atoms with E-state index in [4.69, 9.17) is 5.73 Å². The van der Waals surface area contributed by atoms with Gasteiger partial charge in [-0.1, -0.05) is 13.3 Å². The lowest BCUT2D eigenvalue weighted by Gasteiger charge is -2.32. The van der Waals surface area contributed by atoms with Gasteiger partial charge in [-0.15, -0.1) is 0 Å². The molecule has 0 aromatic heterocycles. The maximum Gasteiger partial charge on any atom is 0.241 e. The minimum atomic E-state index is -0.277. The van der Waals surface area contributed by atoms with Crippen LogP contribution in [0, 0.1) is 5.92 Å². The first-order valence-corrected chi connectivity index (χ1v) is 6.42. The summed E-state index contributed by atoms with van der Waals surface area (Å²) in [5.41, 5.74) is 5.16. The lowest BCUT2D eigenvalue weighted by molar-refractivity contribution is -0.134. The summed E-state index contributed by atoms with van der Waals surface area (Å²) < 4.78 is 0. The van der Waals surface area contributed by atoms with E-state index in [0.29, 0.717) is 5.92 Å². The van der Waals surface area contributed by atoms with Crippen LogP contribution >= 0.6 is 0 Å². The molecule has 1 aliphatic rings. The van der Waals surface area contributed by atoms with Crippen LogP contribution in [0.1, 0.15) is 32.6 Å². The van der Waals surface area contributed by atoms with Crippen LogP contribution in [0.4, 0.5) is 0 Å². The number of hydrogen-bond donors (Lipinski definition) is 2. The number of carbonyl (C=O) groups is 2. The highest BCUT2D eigenvalue weighted by Gasteiger charge is 2.22. The molecule has 1 heterocycles. The monoisotopic (exact) mass is 241 g/mol. The third-order valence-corrected chi connectivity index (χ3v) is 3.19. The lowest BCUT2D eigenvalue weighted by atomic mass is 9.94. The van der Waals surface area contributed by atoms with Crippen molar-refractivity contribution in [2.24, 2.45) is 11.7 Å². The van der Waals surface area contributed by atoms with Gasteiger partial charge in [-0.3, -0.25) is 9.59 Å². The highest BCUT2D eigenvalue weighted by Crippen LogP contribution is 2.20. The maximum atomic E-state index is 11.8. The molecule has 2 amide bonds. The van der Waals surface area contributed by atoms with Gasteiger partial charge in [0, 0.05) is 13.1 Å². The van der Waals surface area contributed by atoms with E-state index in [2.05, 4.69) is 12.2 Å². The molecule has 1 fully saturated rings. The predicted octanol–water partition coefficient (Wildman–Crippen LogP) is 0.100.